The van der Waals surface area contributed by atoms with Crippen LogP contribution in [0.4, 0.5) is 10.1 Å². The van der Waals surface area contributed by atoms with E-state index in [2.05, 4.69) is 10.6 Å². The van der Waals surface area contributed by atoms with Crippen molar-refractivity contribution in [3.8, 4) is 0 Å². The van der Waals surface area contributed by atoms with Crippen molar-refractivity contribution in [2.45, 2.75) is 40.2 Å². The minimum Gasteiger partial charge on any atom is -0.351 e. The van der Waals surface area contributed by atoms with Crippen LogP contribution in [0.25, 0.3) is 0 Å². The highest BCUT2D eigenvalue weighted by atomic mass is 19.1. The molecule has 0 aromatic heterocycles. The second-order valence-corrected chi connectivity index (χ2v) is 6.29. The molecule has 1 aromatic carbocycles. The summed E-state index contributed by atoms with van der Waals surface area (Å²) < 4.78 is 12.8. The normalized spacial score (nSPS) is 11.9. The van der Waals surface area contributed by atoms with E-state index >= 15 is 0 Å². The van der Waals surface area contributed by atoms with Gasteiger partial charge in [0.05, 0.1) is 0 Å². The van der Waals surface area contributed by atoms with E-state index in [0.717, 1.165) is 0 Å². The molecule has 0 unspecified atom stereocenters. The van der Waals surface area contributed by atoms with Crippen LogP contribution in [0, 0.1) is 11.2 Å². The predicted molar refractivity (Wildman–Crippen MR) is 76.7 cm³/mol. The highest BCUT2D eigenvalue weighted by Crippen LogP contribution is 2.20. The molecule has 0 saturated carbocycles. The van der Waals surface area contributed by atoms with E-state index in [1.165, 1.54) is 24.3 Å². The standard InChI is InChI=1S/C15H21FN2O2/c1-14(2,3)18-13(20)15(4,5)12(19)17-11-8-6-10(16)7-9-11/h6-9H,1-5H3,(H,17,19)(H,18,20). The number of amides is 2. The monoisotopic (exact) mass is 280 g/mol. The van der Waals surface area contributed by atoms with Crippen LogP contribution in [0.3, 0.4) is 0 Å². The fourth-order valence-electron chi connectivity index (χ4n) is 1.42. The van der Waals surface area contributed by atoms with E-state index in [-0.39, 0.29) is 11.7 Å². The number of halogens is 1. The summed E-state index contributed by atoms with van der Waals surface area (Å²) in [4.78, 5) is 24.3. The van der Waals surface area contributed by atoms with Crippen LogP contribution in [0.5, 0.6) is 0 Å². The Kier molecular flexibility index (Phi) is 4.53. The van der Waals surface area contributed by atoms with Crippen molar-refractivity contribution in [2.24, 2.45) is 5.41 Å². The van der Waals surface area contributed by atoms with Gasteiger partial charge >= 0.3 is 0 Å². The van der Waals surface area contributed by atoms with Crippen molar-refractivity contribution < 1.29 is 14.0 Å². The minimum atomic E-state index is -1.22. The average molecular weight is 280 g/mol. The van der Waals surface area contributed by atoms with E-state index in [1.807, 2.05) is 20.8 Å². The van der Waals surface area contributed by atoms with Gasteiger partial charge in [0.2, 0.25) is 11.8 Å². The molecule has 5 heteroatoms. The zero-order chi connectivity index (χ0) is 15.6. The zero-order valence-electron chi connectivity index (χ0n) is 12.5. The van der Waals surface area contributed by atoms with E-state index in [1.54, 1.807) is 13.8 Å². The molecule has 0 heterocycles. The summed E-state index contributed by atoms with van der Waals surface area (Å²) in [5.41, 5.74) is -1.18. The van der Waals surface area contributed by atoms with Crippen molar-refractivity contribution in [1.82, 2.24) is 5.32 Å². The van der Waals surface area contributed by atoms with Gasteiger partial charge in [0.15, 0.2) is 0 Å². The first-order valence-corrected chi connectivity index (χ1v) is 6.42. The summed E-state index contributed by atoms with van der Waals surface area (Å²) in [6.07, 6.45) is 0. The Hall–Kier alpha value is -1.91. The summed E-state index contributed by atoms with van der Waals surface area (Å²) in [6, 6.07) is 5.39. The average Bonchev–Trinajstić information content (AvgIpc) is 2.29. The zero-order valence-corrected chi connectivity index (χ0v) is 12.5. The summed E-state index contributed by atoms with van der Waals surface area (Å²) >= 11 is 0. The molecule has 2 N–H and O–H groups in total. The van der Waals surface area contributed by atoms with Gasteiger partial charge in [-0.3, -0.25) is 9.59 Å². The maximum absolute atomic E-state index is 12.8. The molecule has 2 amide bonds. The number of carbonyl (C=O) groups excluding carboxylic acids is 2. The van der Waals surface area contributed by atoms with E-state index < -0.39 is 16.9 Å². The van der Waals surface area contributed by atoms with E-state index in [4.69, 9.17) is 0 Å². The Balaban J connectivity index is 2.79. The minimum absolute atomic E-state index is 0.357. The summed E-state index contributed by atoms with van der Waals surface area (Å²) in [5.74, 6) is -1.18. The van der Waals surface area contributed by atoms with Crippen LogP contribution in [0.1, 0.15) is 34.6 Å². The summed E-state index contributed by atoms with van der Waals surface area (Å²) in [7, 11) is 0. The highest BCUT2D eigenvalue weighted by molar-refractivity contribution is 6.09. The van der Waals surface area contributed by atoms with Gasteiger partial charge in [0, 0.05) is 11.2 Å². The number of hydrogen-bond donors (Lipinski definition) is 2. The number of hydrogen-bond acceptors (Lipinski definition) is 2. The Labute approximate surface area is 118 Å². The lowest BCUT2D eigenvalue weighted by atomic mass is 9.89. The Morgan fingerprint density at radius 3 is 1.90 bits per heavy atom. The molecule has 20 heavy (non-hydrogen) atoms. The summed E-state index contributed by atoms with van der Waals surface area (Å²) in [6.45, 7) is 8.64. The van der Waals surface area contributed by atoms with Crippen LogP contribution < -0.4 is 10.6 Å². The smallest absolute Gasteiger partial charge is 0.239 e. The molecule has 0 aliphatic heterocycles. The fourth-order valence-corrected chi connectivity index (χ4v) is 1.42. The molecule has 4 nitrogen and oxygen atoms in total. The molecule has 0 bridgehead atoms. The number of nitrogens with one attached hydrogen (secondary N) is 2. The Morgan fingerprint density at radius 2 is 1.45 bits per heavy atom. The van der Waals surface area contributed by atoms with Crippen molar-refractivity contribution in [2.75, 3.05) is 5.32 Å². The van der Waals surface area contributed by atoms with Crippen LogP contribution >= 0.6 is 0 Å². The number of anilines is 1. The predicted octanol–water partition coefficient (Wildman–Crippen LogP) is 2.71. The van der Waals surface area contributed by atoms with Crippen LogP contribution in [0.15, 0.2) is 24.3 Å². The van der Waals surface area contributed by atoms with Crippen molar-refractivity contribution >= 4 is 17.5 Å². The van der Waals surface area contributed by atoms with Crippen LogP contribution in [0.2, 0.25) is 0 Å². The van der Waals surface area contributed by atoms with Gasteiger partial charge in [-0.2, -0.15) is 0 Å². The fraction of sp³-hybridized carbons (Fsp3) is 0.467. The molecule has 0 spiro atoms. The molecule has 0 saturated heterocycles. The van der Waals surface area contributed by atoms with Gasteiger partial charge in [0.25, 0.3) is 0 Å². The van der Waals surface area contributed by atoms with Gasteiger partial charge in [-0.1, -0.05) is 0 Å². The molecule has 0 aliphatic carbocycles. The Morgan fingerprint density at radius 1 is 0.950 bits per heavy atom. The second kappa shape index (κ2) is 5.61. The maximum Gasteiger partial charge on any atom is 0.239 e. The van der Waals surface area contributed by atoms with Gasteiger partial charge < -0.3 is 10.6 Å². The molecule has 0 atom stereocenters. The molecule has 1 aromatic rings. The van der Waals surface area contributed by atoms with Gasteiger partial charge in [0.1, 0.15) is 11.2 Å². The first-order chi connectivity index (χ1) is 9.02. The van der Waals surface area contributed by atoms with Gasteiger partial charge in [-0.05, 0) is 58.9 Å². The van der Waals surface area contributed by atoms with Gasteiger partial charge in [-0.15, -0.1) is 0 Å². The largest absolute Gasteiger partial charge is 0.351 e. The molecular formula is C15H21FN2O2. The quantitative estimate of drug-likeness (QED) is 0.836. The molecular weight excluding hydrogens is 259 g/mol. The number of benzene rings is 1. The first-order valence-electron chi connectivity index (χ1n) is 6.42. The van der Waals surface area contributed by atoms with E-state index in [9.17, 15) is 14.0 Å². The third-order valence-corrected chi connectivity index (χ3v) is 2.73. The number of rotatable bonds is 3. The Bertz CT molecular complexity index is 502. The van der Waals surface area contributed by atoms with Gasteiger partial charge in [-0.25, -0.2) is 4.39 Å². The molecule has 1 rings (SSSR count). The highest BCUT2D eigenvalue weighted by Gasteiger charge is 2.37. The third kappa shape index (κ3) is 4.33. The third-order valence-electron chi connectivity index (χ3n) is 2.73. The molecule has 0 fully saturated rings. The molecule has 0 radical (unpaired) electrons. The van der Waals surface area contributed by atoms with E-state index in [0.29, 0.717) is 5.69 Å². The number of carbonyl (C=O) groups is 2. The lowest BCUT2D eigenvalue weighted by Gasteiger charge is -2.28. The van der Waals surface area contributed by atoms with Crippen molar-refractivity contribution in [1.29, 1.82) is 0 Å². The van der Waals surface area contributed by atoms with Crippen LogP contribution in [-0.2, 0) is 9.59 Å². The molecule has 0 aliphatic rings. The van der Waals surface area contributed by atoms with Crippen molar-refractivity contribution in [3.63, 3.8) is 0 Å². The lowest BCUT2D eigenvalue weighted by Crippen LogP contribution is -2.51. The first kappa shape index (κ1) is 16.1. The lowest BCUT2D eigenvalue weighted by molar-refractivity contribution is -0.139. The second-order valence-electron chi connectivity index (χ2n) is 6.29. The summed E-state index contributed by atoms with van der Waals surface area (Å²) in [5, 5.41) is 5.39. The SMILES string of the molecule is CC(C)(C)NC(=O)C(C)(C)C(=O)Nc1ccc(F)cc1. The molecule has 110 valence electrons. The van der Waals surface area contributed by atoms with Crippen molar-refractivity contribution in [3.05, 3.63) is 30.1 Å². The topological polar surface area (TPSA) is 58.2 Å². The maximum atomic E-state index is 12.8. The van der Waals surface area contributed by atoms with Crippen LogP contribution in [-0.4, -0.2) is 17.4 Å².